The Labute approximate surface area is 616 Å². The summed E-state index contributed by atoms with van der Waals surface area (Å²) in [7, 11) is 1.85. The largest absolute Gasteiger partial charge is 0 e. The molecule has 0 heterocycles. The molecule has 4 aliphatic rings. The molecule has 46 heavy (non-hydrogen) atoms. The van der Waals surface area contributed by atoms with Crippen molar-refractivity contribution < 1.29 is 512 Å². The van der Waals surface area contributed by atoms with Gasteiger partial charge in [-0.2, -0.15) is 0 Å². The Morgan fingerprint density at radius 2 is 1.04 bits per heavy atom. The van der Waals surface area contributed by atoms with Gasteiger partial charge in [-0.15, -0.1) is 0 Å². The van der Waals surface area contributed by atoms with Crippen LogP contribution in [-0.2, 0) is 507 Å². The summed E-state index contributed by atoms with van der Waals surface area (Å²) in [5.74, 6) is 1.81. The number of methoxy groups -OCH3 is 1. The summed E-state index contributed by atoms with van der Waals surface area (Å²) < 4.78 is 9.01. The molecule has 7 atom stereocenters. The molecule has 0 bridgehead atoms. The van der Waals surface area contributed by atoms with Crippen molar-refractivity contribution in [3.05, 3.63) is 11.6 Å². The second kappa shape index (κ2) is 60.9. The second-order valence-electron chi connectivity index (χ2n) is 8.90. The number of ether oxygens (including phenoxy) is 1. The van der Waals surface area contributed by atoms with Crippen LogP contribution in [-0.4, -0.2) is 32.2 Å². The molecule has 0 spiro atoms. The minimum atomic E-state index is -0.147. The molecule has 5 unspecified atom stereocenters. The normalized spacial score (nSPS) is 26.5. The first-order valence-corrected chi connectivity index (χ1v) is 12.2. The van der Waals surface area contributed by atoms with E-state index in [1.54, 1.807) is 52.1 Å². The fourth-order valence-electron chi connectivity index (χ4n) is 6.46. The molecule has 4 aliphatic carbocycles. The van der Waals surface area contributed by atoms with E-state index in [-0.39, 0.29) is 475 Å². The van der Waals surface area contributed by atoms with Crippen LogP contribution in [0, 0.1) is 28.6 Å². The van der Waals surface area contributed by atoms with E-state index in [4.69, 9.17) is 4.74 Å². The van der Waals surface area contributed by atoms with E-state index in [9.17, 15) is 5.11 Å². The predicted molar refractivity (Wildman–Crippen MR) is 89.3 cm³/mol. The molecule has 0 saturated heterocycles. The van der Waals surface area contributed by atoms with Gasteiger partial charge in [-0.1, -0.05) is 0 Å². The molecule has 0 aliphatic heterocycles. The molecule has 0 radical (unpaired) electrons. The van der Waals surface area contributed by atoms with E-state index in [0.29, 0.717) is 23.4 Å². The maximum absolute atomic E-state index is 11.3. The standard InChI is InChI=1S/C20H28O2.24W/c1-19-9-4-5-16(19)15-7-6-13-11-14(22-3)8-10-20(13,2)18(15)17(21)12-19;;;;;;;;;;;;;;;;;;;;;;;;/h6,14-18,21H,4-5,8,10-12H2,1-3H3;;;;;;;;;;;;;;;;;;;;;;;;/t14-,15?,16?,17+,18?,19?,20?;;;;;;;;;;;;;;;;;;;;;;;;/m0......................../s1. The van der Waals surface area contributed by atoms with Crippen LogP contribution in [0.4, 0.5) is 0 Å². The quantitative estimate of drug-likeness (QED) is 0.439. The summed E-state index contributed by atoms with van der Waals surface area (Å²) >= 11 is 3.27. The molecule has 4 rings (SSSR count). The number of allylic oxidation sites excluding steroid dienone is 1. The Balaban J connectivity index is -0.0000000195. The van der Waals surface area contributed by atoms with Gasteiger partial charge in [-0.05, 0) is 0 Å². The van der Waals surface area contributed by atoms with Crippen LogP contribution in [0.5, 0.6) is 0 Å². The van der Waals surface area contributed by atoms with Crippen molar-refractivity contribution in [2.75, 3.05) is 7.11 Å². The summed E-state index contributed by atoms with van der Waals surface area (Å²) in [4.78, 5) is 0. The van der Waals surface area contributed by atoms with E-state index in [0.717, 1.165) is 25.2 Å². The molecular formula is C20H28O2W24. The number of hydrogen-bond acceptors (Lipinski definition) is 2. The number of rotatable bonds is 1. The zero-order chi connectivity index (χ0) is 17.3. The summed E-state index contributed by atoms with van der Waals surface area (Å²) in [6.45, 7) is 4.91. The zero-order valence-corrected chi connectivity index (χ0v) is 94.3. The summed E-state index contributed by atoms with van der Waals surface area (Å²) in [6, 6.07) is 0. The van der Waals surface area contributed by atoms with Crippen molar-refractivity contribution >= 4 is 7.80 Å². The van der Waals surface area contributed by atoms with E-state index in [2.05, 4.69) is 19.9 Å². The summed E-state index contributed by atoms with van der Waals surface area (Å²) in [6.07, 6.45) is 9.80. The molecule has 1 N–H and O–H groups in total. The van der Waals surface area contributed by atoms with Gasteiger partial charge in [0, 0.05) is 463 Å². The molecular weight excluding hydrogens is 4680 g/mol. The Bertz CT molecular complexity index is 663. The van der Waals surface area contributed by atoms with Gasteiger partial charge < -0.3 is 0 Å². The van der Waals surface area contributed by atoms with Crippen molar-refractivity contribution in [2.24, 2.45) is 28.6 Å². The third-order valence-electron chi connectivity index (χ3n) is 7.89. The van der Waals surface area contributed by atoms with E-state index in [1.165, 1.54) is 19.3 Å². The van der Waals surface area contributed by atoms with Gasteiger partial charge in [0.15, 0.2) is 0 Å². The average Bonchev–Trinajstić information content (AvgIpc) is 2.82. The van der Waals surface area contributed by atoms with E-state index >= 15 is 0 Å². The third-order valence-corrected chi connectivity index (χ3v) is 11.7. The smallest absolute Gasteiger partial charge is 0 e. The number of aliphatic hydroxyl groups excluding tert-OH is 1. The molecule has 264 valence electrons. The summed E-state index contributed by atoms with van der Waals surface area (Å²) in [5, 5.41) is 11.3. The van der Waals surface area contributed by atoms with Crippen LogP contribution in [0.2, 0.25) is 0 Å². The van der Waals surface area contributed by atoms with Crippen molar-refractivity contribution in [1.82, 2.24) is 0 Å². The Kier molecular flexibility index (Phi) is 165. The van der Waals surface area contributed by atoms with Gasteiger partial charge in [0.05, 0.1) is 0 Å². The molecule has 3 fully saturated rings. The van der Waals surface area contributed by atoms with Gasteiger partial charge in [0.1, 0.15) is 0 Å². The van der Waals surface area contributed by atoms with E-state index in [1.807, 2.05) is 7.11 Å². The minimum Gasteiger partial charge on any atom is 0 e. The fourth-order valence-corrected chi connectivity index (χ4v) is 9.36. The number of aliphatic hydroxyl groups is 1. The maximum Gasteiger partial charge on any atom is 0 e. The first kappa shape index (κ1) is 125. The predicted octanol–water partition coefficient (Wildman–Crippen LogP) is 2.93. The van der Waals surface area contributed by atoms with Crippen LogP contribution < -0.4 is 0 Å². The molecule has 26 heteroatoms. The second-order valence-corrected chi connectivity index (χ2v) is 12.4. The molecule has 0 amide bonds. The van der Waals surface area contributed by atoms with Crippen LogP contribution in [0.25, 0.3) is 0 Å². The first-order chi connectivity index (χ1) is 11.3. The van der Waals surface area contributed by atoms with Crippen molar-refractivity contribution in [3.8, 4) is 0 Å². The van der Waals surface area contributed by atoms with Crippen molar-refractivity contribution in [2.45, 2.75) is 64.6 Å². The van der Waals surface area contributed by atoms with Crippen molar-refractivity contribution in [3.63, 3.8) is 0 Å². The topological polar surface area (TPSA) is 29.5 Å². The molecule has 0 aromatic heterocycles. The monoisotopic (exact) mass is 4720 g/mol. The maximum atomic E-state index is 11.3. The minimum absolute atomic E-state index is 0. The van der Waals surface area contributed by atoms with Gasteiger partial charge in [0.25, 0.3) is 0 Å². The zero-order valence-electron chi connectivity index (χ0n) is 23.9. The number of hydrogen-bond donors (Lipinski definition) is 1. The first-order valence-electron chi connectivity index (χ1n) is 9.30. The van der Waals surface area contributed by atoms with Crippen molar-refractivity contribution in [1.29, 1.82) is 0 Å². The van der Waals surface area contributed by atoms with Gasteiger partial charge in [-0.25, -0.2) is 0 Å². The SMILES string of the molecule is CO[C@H]1CCC2(C)C(=C[C](=[W])C3C4CC[C](=[W])C4(C)C[C@@H](O)C32)C1.[W].[W].[W].[W].[W].[W].[W].[W].[W].[W].[W].[W].[W].[W].[W].[W].[W].[W].[W].[W].[W].[W]. The van der Waals surface area contributed by atoms with Crippen LogP contribution in [0.15, 0.2) is 11.6 Å². The molecule has 3 saturated carbocycles. The number of fused-ring (bicyclic) bond motifs is 5. The van der Waals surface area contributed by atoms with Crippen LogP contribution in [0.3, 0.4) is 0 Å². The molecule has 0 aromatic rings. The fraction of sp³-hybridized carbons (Fsp3) is 0.800. The molecule has 0 aromatic carbocycles. The molecule has 2 nitrogen and oxygen atoms in total. The van der Waals surface area contributed by atoms with Gasteiger partial charge >= 0.3 is 168 Å². The van der Waals surface area contributed by atoms with E-state index < -0.39 is 0 Å². The van der Waals surface area contributed by atoms with Crippen LogP contribution in [0.1, 0.15) is 52.4 Å². The average molecular weight is 4710 g/mol. The Morgan fingerprint density at radius 3 is 1.41 bits per heavy atom. The van der Waals surface area contributed by atoms with Gasteiger partial charge in [0.2, 0.25) is 0 Å². The van der Waals surface area contributed by atoms with Crippen LogP contribution >= 0.6 is 0 Å². The Hall–Kier alpha value is 15.9. The Morgan fingerprint density at radius 1 is 0.652 bits per heavy atom. The third kappa shape index (κ3) is 31.0. The summed E-state index contributed by atoms with van der Waals surface area (Å²) in [5.41, 5.74) is 2.05. The van der Waals surface area contributed by atoms with Gasteiger partial charge in [-0.3, -0.25) is 0 Å².